The number of ether oxygens (including phenoxy) is 4. The number of rotatable bonds is 10. The lowest BCUT2D eigenvalue weighted by atomic mass is 9.96. The fourth-order valence-electron chi connectivity index (χ4n) is 3.21. The largest absolute Gasteiger partial charge is 0.493 e. The maximum Gasteiger partial charge on any atom is 0.164 e. The molecule has 1 saturated carbocycles. The van der Waals surface area contributed by atoms with Crippen LogP contribution in [0.25, 0.3) is 0 Å². The summed E-state index contributed by atoms with van der Waals surface area (Å²) < 4.78 is 22.9. The van der Waals surface area contributed by atoms with Crippen molar-refractivity contribution in [3.63, 3.8) is 0 Å². The molecule has 1 aliphatic heterocycles. The maximum atomic E-state index is 6.29. The van der Waals surface area contributed by atoms with Gasteiger partial charge in [-0.15, -0.1) is 0 Å². The lowest BCUT2D eigenvalue weighted by Crippen LogP contribution is -2.28. The molecule has 0 amide bonds. The average Bonchev–Trinajstić information content (AvgIpc) is 3.47. The Morgan fingerprint density at radius 1 is 1.12 bits per heavy atom. The van der Waals surface area contributed by atoms with Crippen molar-refractivity contribution < 1.29 is 18.9 Å². The van der Waals surface area contributed by atoms with Gasteiger partial charge in [0.1, 0.15) is 11.9 Å². The molecule has 5 nitrogen and oxygen atoms in total. The molecule has 0 saturated heterocycles. The second-order valence-corrected chi connectivity index (χ2v) is 7.09. The third kappa shape index (κ3) is 4.91. The Labute approximate surface area is 156 Å². The Bertz CT molecular complexity index is 625. The molecule has 1 fully saturated rings. The first-order chi connectivity index (χ1) is 12.7. The van der Waals surface area contributed by atoms with E-state index in [1.54, 1.807) is 14.2 Å². The van der Waals surface area contributed by atoms with Gasteiger partial charge in [0.25, 0.3) is 0 Å². The number of unbranched alkanes of at least 4 members (excludes halogenated alkanes) is 1. The van der Waals surface area contributed by atoms with E-state index in [0.29, 0.717) is 19.3 Å². The molecule has 1 aromatic rings. The van der Waals surface area contributed by atoms with Crippen molar-refractivity contribution in [2.75, 3.05) is 27.4 Å². The molecule has 1 atom stereocenters. The highest BCUT2D eigenvalue weighted by Crippen LogP contribution is 2.40. The summed E-state index contributed by atoms with van der Waals surface area (Å²) in [6, 6.07) is 4.50. The molecule has 26 heavy (non-hydrogen) atoms. The fourth-order valence-corrected chi connectivity index (χ4v) is 3.21. The van der Waals surface area contributed by atoms with Crippen LogP contribution >= 0.6 is 0 Å². The van der Waals surface area contributed by atoms with Crippen molar-refractivity contribution >= 4 is 5.71 Å². The highest BCUT2D eigenvalue weighted by atomic mass is 16.5. The third-order valence-corrected chi connectivity index (χ3v) is 4.81. The first-order valence-corrected chi connectivity index (χ1v) is 9.82. The molecule has 5 heteroatoms. The summed E-state index contributed by atoms with van der Waals surface area (Å²) >= 11 is 0. The van der Waals surface area contributed by atoms with E-state index in [1.165, 1.54) is 31.4 Å². The van der Waals surface area contributed by atoms with Crippen molar-refractivity contribution in [2.45, 2.75) is 64.0 Å². The summed E-state index contributed by atoms with van der Waals surface area (Å²) in [5.74, 6) is 2.34. The first-order valence-electron chi connectivity index (χ1n) is 9.82. The Morgan fingerprint density at radius 3 is 2.65 bits per heavy atom. The molecule has 0 aromatic heterocycles. The second kappa shape index (κ2) is 9.26. The van der Waals surface area contributed by atoms with E-state index in [1.807, 2.05) is 12.1 Å². The molecular weight excluding hydrogens is 330 g/mol. The van der Waals surface area contributed by atoms with Crippen LogP contribution in [0, 0.1) is 0 Å². The minimum atomic E-state index is 0.203. The van der Waals surface area contributed by atoms with Crippen LogP contribution < -0.4 is 14.2 Å². The maximum absolute atomic E-state index is 6.29. The predicted octanol–water partition coefficient (Wildman–Crippen LogP) is 4.40. The predicted molar refractivity (Wildman–Crippen MR) is 103 cm³/mol. The number of methoxy groups -OCH3 is 2. The molecule has 1 aliphatic carbocycles. The molecule has 0 spiro atoms. The van der Waals surface area contributed by atoms with Gasteiger partial charge in [-0.1, -0.05) is 19.8 Å². The van der Waals surface area contributed by atoms with Crippen LogP contribution in [-0.4, -0.2) is 45.3 Å². The molecule has 3 rings (SSSR count). The molecule has 1 aromatic carbocycles. The molecule has 2 aliphatic rings. The quantitative estimate of drug-likeness (QED) is 0.580. The number of hydrogen-bond donors (Lipinski definition) is 0. The van der Waals surface area contributed by atoms with E-state index in [-0.39, 0.29) is 6.10 Å². The van der Waals surface area contributed by atoms with E-state index in [0.717, 1.165) is 42.1 Å². The fraction of sp³-hybridized carbons (Fsp3) is 0.667. The zero-order valence-electron chi connectivity index (χ0n) is 16.3. The number of fused-ring (bicyclic) bond motifs is 1. The summed E-state index contributed by atoms with van der Waals surface area (Å²) in [5, 5.41) is 0. The van der Waals surface area contributed by atoms with Crippen LogP contribution in [0.5, 0.6) is 17.2 Å². The second-order valence-electron chi connectivity index (χ2n) is 7.09. The normalized spacial score (nSPS) is 20.6. The Kier molecular flexibility index (Phi) is 6.78. The van der Waals surface area contributed by atoms with Crippen molar-refractivity contribution in [1.82, 2.24) is 0 Å². The lowest BCUT2D eigenvalue weighted by molar-refractivity contribution is 0.169. The Hall–Kier alpha value is -1.75. The van der Waals surface area contributed by atoms with Gasteiger partial charge in [-0.05, 0) is 25.3 Å². The highest BCUT2D eigenvalue weighted by molar-refractivity contribution is 6.04. The van der Waals surface area contributed by atoms with E-state index < -0.39 is 0 Å². The van der Waals surface area contributed by atoms with Crippen LogP contribution in [0.15, 0.2) is 17.1 Å². The SMILES string of the molecule is CCCC[C@@H]1CC(=NC2CC2)c2cc(OC)c(OCCCOC)cc2O1. The standard InChI is InChI=1S/C21H31NO4/c1-4-5-7-16-12-18(22-15-8-9-15)17-13-20(24-3)21(14-19(17)26-16)25-11-6-10-23-2/h13-16H,4-12H2,1-3H3/t16-/m1/s1. The van der Waals surface area contributed by atoms with E-state index >= 15 is 0 Å². The zero-order chi connectivity index (χ0) is 18.4. The van der Waals surface area contributed by atoms with Crippen molar-refractivity contribution in [2.24, 2.45) is 4.99 Å². The zero-order valence-corrected chi connectivity index (χ0v) is 16.3. The summed E-state index contributed by atoms with van der Waals surface area (Å²) in [7, 11) is 3.37. The topological polar surface area (TPSA) is 49.3 Å². The lowest BCUT2D eigenvalue weighted by Gasteiger charge is -2.28. The summed E-state index contributed by atoms with van der Waals surface area (Å²) in [5.41, 5.74) is 2.23. The van der Waals surface area contributed by atoms with E-state index in [2.05, 4.69) is 6.92 Å². The van der Waals surface area contributed by atoms with Crippen LogP contribution in [0.4, 0.5) is 0 Å². The van der Waals surface area contributed by atoms with Crippen molar-refractivity contribution in [3.8, 4) is 17.2 Å². The van der Waals surface area contributed by atoms with Gasteiger partial charge in [-0.3, -0.25) is 4.99 Å². The molecule has 0 radical (unpaired) electrons. The Morgan fingerprint density at radius 2 is 1.96 bits per heavy atom. The minimum absolute atomic E-state index is 0.203. The van der Waals surface area contributed by atoms with Crippen LogP contribution in [0.3, 0.4) is 0 Å². The monoisotopic (exact) mass is 361 g/mol. The smallest absolute Gasteiger partial charge is 0.164 e. The number of benzene rings is 1. The van der Waals surface area contributed by atoms with Gasteiger partial charge in [-0.2, -0.15) is 0 Å². The highest BCUT2D eigenvalue weighted by Gasteiger charge is 2.29. The molecule has 0 bridgehead atoms. The van der Waals surface area contributed by atoms with Gasteiger partial charge in [0.15, 0.2) is 11.5 Å². The molecule has 0 unspecified atom stereocenters. The van der Waals surface area contributed by atoms with Crippen LogP contribution in [0.2, 0.25) is 0 Å². The van der Waals surface area contributed by atoms with Crippen LogP contribution in [0.1, 0.15) is 57.4 Å². The molecule has 1 heterocycles. The van der Waals surface area contributed by atoms with Gasteiger partial charge < -0.3 is 18.9 Å². The average molecular weight is 361 g/mol. The first kappa shape index (κ1) is 19.0. The van der Waals surface area contributed by atoms with E-state index in [9.17, 15) is 0 Å². The molecular formula is C21H31NO4. The summed E-state index contributed by atoms with van der Waals surface area (Å²) in [6.45, 7) is 3.49. The van der Waals surface area contributed by atoms with Gasteiger partial charge in [0.05, 0.1) is 19.8 Å². The van der Waals surface area contributed by atoms with Gasteiger partial charge in [0, 0.05) is 43.9 Å². The summed E-state index contributed by atoms with van der Waals surface area (Å²) in [4.78, 5) is 4.96. The van der Waals surface area contributed by atoms with Crippen molar-refractivity contribution in [1.29, 1.82) is 0 Å². The van der Waals surface area contributed by atoms with Crippen molar-refractivity contribution in [3.05, 3.63) is 17.7 Å². The summed E-state index contributed by atoms with van der Waals surface area (Å²) in [6.07, 6.45) is 7.76. The molecule has 0 N–H and O–H groups in total. The van der Waals surface area contributed by atoms with E-state index in [4.69, 9.17) is 23.9 Å². The van der Waals surface area contributed by atoms with Crippen LogP contribution in [-0.2, 0) is 4.74 Å². The molecule has 144 valence electrons. The van der Waals surface area contributed by atoms with Gasteiger partial charge in [0.2, 0.25) is 0 Å². The number of hydrogen-bond acceptors (Lipinski definition) is 5. The number of aliphatic imine (C=N–C) groups is 1. The minimum Gasteiger partial charge on any atom is -0.493 e. The Balaban J connectivity index is 1.83. The third-order valence-electron chi connectivity index (χ3n) is 4.81. The van der Waals surface area contributed by atoms with Gasteiger partial charge in [-0.25, -0.2) is 0 Å². The number of nitrogens with zero attached hydrogens (tertiary/aromatic N) is 1. The van der Waals surface area contributed by atoms with Gasteiger partial charge >= 0.3 is 0 Å².